The Labute approximate surface area is 100 Å². The number of aromatic nitrogens is 1. The molecule has 17 heavy (non-hydrogen) atoms. The van der Waals surface area contributed by atoms with Gasteiger partial charge in [0.2, 0.25) is 0 Å². The van der Waals surface area contributed by atoms with Gasteiger partial charge in [-0.05, 0) is 17.7 Å². The van der Waals surface area contributed by atoms with Crippen LogP contribution in [0.4, 0.5) is 0 Å². The van der Waals surface area contributed by atoms with Gasteiger partial charge in [0.25, 0.3) is 0 Å². The minimum atomic E-state index is 0.00579. The van der Waals surface area contributed by atoms with Crippen LogP contribution in [-0.4, -0.2) is 24.1 Å². The predicted molar refractivity (Wildman–Crippen MR) is 67.5 cm³/mol. The molecule has 0 aliphatic rings. The number of benzene rings is 1. The molecule has 0 fully saturated rings. The molecular formula is C12H18N4O. The first kappa shape index (κ1) is 12.0. The Balaban J connectivity index is 1.99. The molecule has 0 bridgehead atoms. The van der Waals surface area contributed by atoms with Crippen LogP contribution in [0.15, 0.2) is 22.6 Å². The van der Waals surface area contributed by atoms with Crippen molar-refractivity contribution in [2.75, 3.05) is 13.1 Å². The van der Waals surface area contributed by atoms with E-state index in [4.69, 9.17) is 15.9 Å². The van der Waals surface area contributed by atoms with Gasteiger partial charge in [-0.3, -0.25) is 0 Å². The summed E-state index contributed by atoms with van der Waals surface area (Å²) in [4.78, 5) is 4.25. The van der Waals surface area contributed by atoms with Crippen LogP contribution in [-0.2, 0) is 6.54 Å². The van der Waals surface area contributed by atoms with Gasteiger partial charge in [-0.1, -0.05) is 6.07 Å². The molecule has 1 atom stereocenters. The average Bonchev–Trinajstić information content (AvgIpc) is 2.68. The number of nitrogens with two attached hydrogens (primary N) is 2. The SMILES string of the molecule is Cc1nc2ccc(CNCC(N)CN)cc2o1. The second-order valence-electron chi connectivity index (χ2n) is 4.16. The summed E-state index contributed by atoms with van der Waals surface area (Å²) in [7, 11) is 0. The molecule has 92 valence electrons. The van der Waals surface area contributed by atoms with E-state index < -0.39 is 0 Å². The second kappa shape index (κ2) is 5.27. The fourth-order valence-corrected chi connectivity index (χ4v) is 1.68. The van der Waals surface area contributed by atoms with Gasteiger partial charge in [-0.2, -0.15) is 0 Å². The maximum atomic E-state index is 5.71. The molecule has 5 heteroatoms. The van der Waals surface area contributed by atoms with Crippen molar-refractivity contribution >= 4 is 11.1 Å². The molecule has 2 rings (SSSR count). The summed E-state index contributed by atoms with van der Waals surface area (Å²) >= 11 is 0. The number of hydrogen-bond donors (Lipinski definition) is 3. The van der Waals surface area contributed by atoms with Crippen molar-refractivity contribution in [2.24, 2.45) is 11.5 Å². The molecular weight excluding hydrogens is 216 g/mol. The zero-order chi connectivity index (χ0) is 12.3. The third-order valence-corrected chi connectivity index (χ3v) is 2.60. The van der Waals surface area contributed by atoms with Crippen LogP contribution in [0.1, 0.15) is 11.5 Å². The fraction of sp³-hybridized carbons (Fsp3) is 0.417. The molecule has 1 aromatic carbocycles. The summed E-state index contributed by atoms with van der Waals surface area (Å²) in [6, 6.07) is 6.00. The zero-order valence-electron chi connectivity index (χ0n) is 9.94. The van der Waals surface area contributed by atoms with E-state index in [1.807, 2.05) is 25.1 Å². The molecule has 1 unspecified atom stereocenters. The van der Waals surface area contributed by atoms with Crippen LogP contribution in [0.2, 0.25) is 0 Å². The highest BCUT2D eigenvalue weighted by Gasteiger charge is 2.03. The van der Waals surface area contributed by atoms with Crippen LogP contribution in [0, 0.1) is 6.92 Å². The minimum Gasteiger partial charge on any atom is -0.441 e. The number of nitrogens with zero attached hydrogens (tertiary/aromatic N) is 1. The van der Waals surface area contributed by atoms with Crippen molar-refractivity contribution in [1.82, 2.24) is 10.3 Å². The van der Waals surface area contributed by atoms with Gasteiger partial charge in [0.15, 0.2) is 11.5 Å². The third-order valence-electron chi connectivity index (χ3n) is 2.60. The highest BCUT2D eigenvalue weighted by molar-refractivity contribution is 5.73. The van der Waals surface area contributed by atoms with Crippen LogP contribution in [0.5, 0.6) is 0 Å². The number of nitrogens with one attached hydrogen (secondary N) is 1. The molecule has 0 saturated heterocycles. The number of aryl methyl sites for hydroxylation is 1. The van der Waals surface area contributed by atoms with Gasteiger partial charge >= 0.3 is 0 Å². The topological polar surface area (TPSA) is 90.1 Å². The Kier molecular flexibility index (Phi) is 3.73. The molecule has 0 radical (unpaired) electrons. The molecule has 0 spiro atoms. The van der Waals surface area contributed by atoms with E-state index in [1.54, 1.807) is 0 Å². The standard InChI is InChI=1S/C12H18N4O/c1-8-16-11-3-2-9(4-12(11)17-8)6-15-7-10(14)5-13/h2-4,10,15H,5-7,13-14H2,1H3. The molecule has 5 N–H and O–H groups in total. The highest BCUT2D eigenvalue weighted by Crippen LogP contribution is 2.16. The molecule has 5 nitrogen and oxygen atoms in total. The number of hydrogen-bond acceptors (Lipinski definition) is 5. The summed E-state index contributed by atoms with van der Waals surface area (Å²) in [5.74, 6) is 0.690. The van der Waals surface area contributed by atoms with Crippen molar-refractivity contribution < 1.29 is 4.42 Å². The van der Waals surface area contributed by atoms with Crippen LogP contribution >= 0.6 is 0 Å². The number of rotatable bonds is 5. The average molecular weight is 234 g/mol. The third kappa shape index (κ3) is 3.03. The smallest absolute Gasteiger partial charge is 0.192 e. The number of oxazole rings is 1. The quantitative estimate of drug-likeness (QED) is 0.701. The van der Waals surface area contributed by atoms with Crippen molar-refractivity contribution in [3.63, 3.8) is 0 Å². The van der Waals surface area contributed by atoms with Gasteiger partial charge in [-0.15, -0.1) is 0 Å². The Hall–Kier alpha value is -1.43. The molecule has 0 saturated carbocycles. The highest BCUT2D eigenvalue weighted by atomic mass is 16.3. The van der Waals surface area contributed by atoms with Crippen molar-refractivity contribution in [3.8, 4) is 0 Å². The van der Waals surface area contributed by atoms with Gasteiger partial charge in [0.1, 0.15) is 5.52 Å². The lowest BCUT2D eigenvalue weighted by Gasteiger charge is -2.09. The Morgan fingerprint density at radius 3 is 3.06 bits per heavy atom. The minimum absolute atomic E-state index is 0.00579. The first-order valence-electron chi connectivity index (χ1n) is 5.71. The van der Waals surface area contributed by atoms with Gasteiger partial charge in [0, 0.05) is 32.6 Å². The van der Waals surface area contributed by atoms with Crippen molar-refractivity contribution in [3.05, 3.63) is 29.7 Å². The lowest BCUT2D eigenvalue weighted by Crippen LogP contribution is -2.39. The van der Waals surface area contributed by atoms with E-state index in [0.717, 1.165) is 23.2 Å². The first-order chi connectivity index (χ1) is 8.19. The molecule has 0 aliphatic heterocycles. The van der Waals surface area contributed by atoms with Crippen molar-refractivity contribution in [2.45, 2.75) is 19.5 Å². The Bertz CT molecular complexity index is 494. The lowest BCUT2D eigenvalue weighted by molar-refractivity contribution is 0.559. The molecule has 0 aliphatic carbocycles. The van der Waals surface area contributed by atoms with E-state index in [9.17, 15) is 0 Å². The predicted octanol–water partition coefficient (Wildman–Crippen LogP) is 0.512. The zero-order valence-corrected chi connectivity index (χ0v) is 9.94. The molecule has 1 aromatic heterocycles. The van der Waals surface area contributed by atoms with E-state index in [-0.39, 0.29) is 6.04 Å². The number of fused-ring (bicyclic) bond motifs is 1. The van der Waals surface area contributed by atoms with Crippen LogP contribution in [0.25, 0.3) is 11.1 Å². The summed E-state index contributed by atoms with van der Waals surface area (Å²) in [5.41, 5.74) is 14.0. The maximum Gasteiger partial charge on any atom is 0.192 e. The van der Waals surface area contributed by atoms with Crippen LogP contribution in [0.3, 0.4) is 0 Å². The normalized spacial score (nSPS) is 13.1. The van der Waals surface area contributed by atoms with Gasteiger partial charge < -0.3 is 21.2 Å². The maximum absolute atomic E-state index is 5.71. The molecule has 2 aromatic rings. The largest absolute Gasteiger partial charge is 0.441 e. The van der Waals surface area contributed by atoms with E-state index in [1.165, 1.54) is 0 Å². The molecule has 0 amide bonds. The van der Waals surface area contributed by atoms with Crippen LogP contribution < -0.4 is 16.8 Å². The van der Waals surface area contributed by atoms with Crippen molar-refractivity contribution in [1.29, 1.82) is 0 Å². The summed E-state index contributed by atoms with van der Waals surface area (Å²) in [5, 5.41) is 3.26. The van der Waals surface area contributed by atoms with Gasteiger partial charge in [0.05, 0.1) is 0 Å². The monoisotopic (exact) mass is 234 g/mol. The molecule has 1 heterocycles. The fourth-order valence-electron chi connectivity index (χ4n) is 1.68. The van der Waals surface area contributed by atoms with E-state index in [2.05, 4.69) is 10.3 Å². The second-order valence-corrected chi connectivity index (χ2v) is 4.16. The first-order valence-corrected chi connectivity index (χ1v) is 5.71. The van der Waals surface area contributed by atoms with E-state index >= 15 is 0 Å². The Morgan fingerprint density at radius 1 is 1.47 bits per heavy atom. The Morgan fingerprint density at radius 2 is 2.29 bits per heavy atom. The summed E-state index contributed by atoms with van der Waals surface area (Å²) < 4.78 is 5.47. The lowest BCUT2D eigenvalue weighted by atomic mass is 10.2. The van der Waals surface area contributed by atoms with E-state index in [0.29, 0.717) is 19.0 Å². The summed E-state index contributed by atoms with van der Waals surface area (Å²) in [6.07, 6.45) is 0. The van der Waals surface area contributed by atoms with Gasteiger partial charge in [-0.25, -0.2) is 4.98 Å². The summed E-state index contributed by atoms with van der Waals surface area (Å²) in [6.45, 7) is 3.80.